The van der Waals surface area contributed by atoms with E-state index in [-0.39, 0.29) is 30.4 Å². The van der Waals surface area contributed by atoms with Gasteiger partial charge in [0.05, 0.1) is 5.39 Å². The number of nitrogens with one attached hydrogen (secondary N) is 1. The van der Waals surface area contributed by atoms with Crippen molar-refractivity contribution < 1.29 is 4.79 Å². The quantitative estimate of drug-likeness (QED) is 0.766. The first-order valence-corrected chi connectivity index (χ1v) is 7.02. The van der Waals surface area contributed by atoms with Crippen molar-refractivity contribution in [1.29, 1.82) is 0 Å². The smallest absolute Gasteiger partial charge is 0.332 e. The highest BCUT2D eigenvalue weighted by molar-refractivity contribution is 5.85. The molecule has 0 saturated heterocycles. The van der Waals surface area contributed by atoms with Gasteiger partial charge in [0.1, 0.15) is 12.2 Å². The van der Waals surface area contributed by atoms with Gasteiger partial charge in [-0.3, -0.25) is 18.7 Å². The summed E-state index contributed by atoms with van der Waals surface area (Å²) in [5.41, 5.74) is -0.301. The minimum absolute atomic E-state index is 0. The molecule has 2 heterocycles. The average Bonchev–Trinajstić information content (AvgIpc) is 2.92. The summed E-state index contributed by atoms with van der Waals surface area (Å²) in [6.07, 6.45) is 1.66. The SMILES string of the molecule is CNCCN(C)C(=O)Cn1ccc2c(=O)n(C)c(=O)n(C)c21.Cl. The molecule has 0 saturated carbocycles. The summed E-state index contributed by atoms with van der Waals surface area (Å²) in [7, 11) is 6.58. The van der Waals surface area contributed by atoms with Crippen molar-refractivity contribution in [3.63, 3.8) is 0 Å². The largest absolute Gasteiger partial charge is 0.343 e. The van der Waals surface area contributed by atoms with Crippen molar-refractivity contribution in [1.82, 2.24) is 23.9 Å². The van der Waals surface area contributed by atoms with E-state index in [2.05, 4.69) is 5.32 Å². The first kappa shape index (κ1) is 19.0. The van der Waals surface area contributed by atoms with Crippen molar-refractivity contribution >= 4 is 29.3 Å². The van der Waals surface area contributed by atoms with Crippen LogP contribution in [0.15, 0.2) is 21.9 Å². The predicted molar refractivity (Wildman–Crippen MR) is 91.2 cm³/mol. The lowest BCUT2D eigenvalue weighted by molar-refractivity contribution is -0.130. The van der Waals surface area contributed by atoms with Gasteiger partial charge in [-0.15, -0.1) is 12.4 Å². The van der Waals surface area contributed by atoms with Crippen LogP contribution in [0.25, 0.3) is 11.0 Å². The molecule has 9 heteroatoms. The van der Waals surface area contributed by atoms with E-state index in [1.54, 1.807) is 35.8 Å². The fourth-order valence-electron chi connectivity index (χ4n) is 2.39. The molecule has 0 aliphatic heterocycles. The van der Waals surface area contributed by atoms with Crippen LogP contribution in [0, 0.1) is 0 Å². The lowest BCUT2D eigenvalue weighted by Gasteiger charge is -2.18. The highest BCUT2D eigenvalue weighted by Gasteiger charge is 2.15. The van der Waals surface area contributed by atoms with Crippen LogP contribution in [0.4, 0.5) is 0 Å². The molecule has 0 atom stereocenters. The van der Waals surface area contributed by atoms with Crippen LogP contribution in [0.2, 0.25) is 0 Å². The number of hydrogen-bond acceptors (Lipinski definition) is 4. The number of hydrogen-bond donors (Lipinski definition) is 1. The van der Waals surface area contributed by atoms with Gasteiger partial charge in [0.2, 0.25) is 5.91 Å². The standard InChI is InChI=1S/C14H21N5O3.ClH/c1-15-6-8-16(2)11(20)9-19-7-5-10-12(19)17(3)14(22)18(4)13(10)21;/h5,7,15H,6,8-9H2,1-4H3;1H. The first-order valence-electron chi connectivity index (χ1n) is 7.02. The van der Waals surface area contributed by atoms with Crippen molar-refractivity contribution in [3.8, 4) is 0 Å². The zero-order valence-corrected chi connectivity index (χ0v) is 14.5. The average molecular weight is 344 g/mol. The number of aromatic nitrogens is 3. The van der Waals surface area contributed by atoms with E-state index in [1.165, 1.54) is 11.6 Å². The Balaban J connectivity index is 0.00000264. The van der Waals surface area contributed by atoms with Crippen molar-refractivity contribution in [2.45, 2.75) is 6.54 Å². The Morgan fingerprint density at radius 3 is 2.52 bits per heavy atom. The zero-order valence-electron chi connectivity index (χ0n) is 13.7. The van der Waals surface area contributed by atoms with Crippen molar-refractivity contribution in [3.05, 3.63) is 33.1 Å². The predicted octanol–water partition coefficient (Wildman–Crippen LogP) is -0.862. The van der Waals surface area contributed by atoms with E-state index in [4.69, 9.17) is 0 Å². The minimum Gasteiger partial charge on any atom is -0.343 e. The molecule has 0 aromatic carbocycles. The highest BCUT2D eigenvalue weighted by atomic mass is 35.5. The van der Waals surface area contributed by atoms with E-state index in [1.807, 2.05) is 7.05 Å². The molecule has 0 fully saturated rings. The third-order valence-electron chi connectivity index (χ3n) is 3.79. The Morgan fingerprint density at radius 2 is 1.91 bits per heavy atom. The lowest BCUT2D eigenvalue weighted by Crippen LogP contribution is -2.38. The van der Waals surface area contributed by atoms with Crippen LogP contribution in [0.5, 0.6) is 0 Å². The monoisotopic (exact) mass is 343 g/mol. The molecule has 0 aliphatic rings. The van der Waals surface area contributed by atoms with Crippen LogP contribution in [-0.4, -0.2) is 51.7 Å². The molecule has 8 nitrogen and oxygen atoms in total. The summed E-state index contributed by atoms with van der Waals surface area (Å²) in [5.74, 6) is -0.0825. The van der Waals surface area contributed by atoms with Gasteiger partial charge in [0.25, 0.3) is 5.56 Å². The van der Waals surface area contributed by atoms with E-state index in [0.717, 1.165) is 4.57 Å². The van der Waals surface area contributed by atoms with Gasteiger partial charge in [-0.05, 0) is 13.1 Å². The maximum absolute atomic E-state index is 12.2. The van der Waals surface area contributed by atoms with E-state index >= 15 is 0 Å². The Bertz CT molecular complexity index is 820. The minimum atomic E-state index is -0.409. The number of rotatable bonds is 5. The highest BCUT2D eigenvalue weighted by Crippen LogP contribution is 2.09. The summed E-state index contributed by atoms with van der Waals surface area (Å²) < 4.78 is 4.08. The molecule has 0 aliphatic carbocycles. The van der Waals surface area contributed by atoms with Gasteiger partial charge < -0.3 is 14.8 Å². The number of amides is 1. The lowest BCUT2D eigenvalue weighted by atomic mass is 10.4. The molecule has 0 spiro atoms. The number of fused-ring (bicyclic) bond motifs is 1. The molecule has 0 bridgehead atoms. The third kappa shape index (κ3) is 3.48. The van der Waals surface area contributed by atoms with Gasteiger partial charge in [-0.2, -0.15) is 0 Å². The molecular weight excluding hydrogens is 322 g/mol. The molecule has 0 unspecified atom stereocenters. The summed E-state index contributed by atoms with van der Waals surface area (Å²) in [4.78, 5) is 38.0. The van der Waals surface area contributed by atoms with Gasteiger partial charge in [0.15, 0.2) is 0 Å². The second-order valence-electron chi connectivity index (χ2n) is 5.31. The van der Waals surface area contributed by atoms with Crippen LogP contribution in [0.3, 0.4) is 0 Å². The number of nitrogens with zero attached hydrogens (tertiary/aromatic N) is 4. The summed E-state index contributed by atoms with van der Waals surface area (Å²) in [5, 5.41) is 3.41. The molecule has 23 heavy (non-hydrogen) atoms. The molecule has 2 aromatic heterocycles. The van der Waals surface area contributed by atoms with Crippen LogP contribution >= 0.6 is 12.4 Å². The third-order valence-corrected chi connectivity index (χ3v) is 3.79. The zero-order chi connectivity index (χ0) is 16.4. The Hall–Kier alpha value is -2.06. The maximum Gasteiger partial charge on any atom is 0.332 e. The van der Waals surface area contributed by atoms with E-state index in [9.17, 15) is 14.4 Å². The number of carbonyl (C=O) groups is 1. The number of aryl methyl sites for hydroxylation is 1. The van der Waals surface area contributed by atoms with E-state index in [0.29, 0.717) is 24.1 Å². The second-order valence-corrected chi connectivity index (χ2v) is 5.31. The molecule has 128 valence electrons. The molecule has 1 N–H and O–H groups in total. The second kappa shape index (κ2) is 7.47. The molecule has 1 amide bonds. The number of halogens is 1. The van der Waals surface area contributed by atoms with Crippen LogP contribution in [-0.2, 0) is 25.4 Å². The summed E-state index contributed by atoms with van der Waals surface area (Å²) in [6, 6.07) is 1.64. The van der Waals surface area contributed by atoms with Gasteiger partial charge in [-0.1, -0.05) is 0 Å². The normalized spacial score (nSPS) is 10.6. The topological polar surface area (TPSA) is 81.3 Å². The molecular formula is C14H22ClN5O3. The fraction of sp³-hybridized carbons (Fsp3) is 0.500. The van der Waals surface area contributed by atoms with Gasteiger partial charge in [-0.25, -0.2) is 4.79 Å². The first-order chi connectivity index (χ1) is 10.4. The molecule has 2 aromatic rings. The fourth-order valence-corrected chi connectivity index (χ4v) is 2.39. The summed E-state index contributed by atoms with van der Waals surface area (Å²) >= 11 is 0. The molecule has 2 rings (SSSR count). The number of carbonyl (C=O) groups excluding carboxylic acids is 1. The number of likely N-dealkylation sites (N-methyl/N-ethyl adjacent to an activating group) is 2. The Morgan fingerprint density at radius 1 is 1.26 bits per heavy atom. The van der Waals surface area contributed by atoms with Gasteiger partial charge >= 0.3 is 5.69 Å². The van der Waals surface area contributed by atoms with Gasteiger partial charge in [0, 0.05) is 40.4 Å². The van der Waals surface area contributed by atoms with E-state index < -0.39 is 5.69 Å². The Kier molecular flexibility index (Phi) is 6.17. The summed E-state index contributed by atoms with van der Waals surface area (Å²) in [6.45, 7) is 1.38. The van der Waals surface area contributed by atoms with Crippen molar-refractivity contribution in [2.75, 3.05) is 27.2 Å². The maximum atomic E-state index is 12.2. The molecule has 0 radical (unpaired) electrons. The van der Waals surface area contributed by atoms with Crippen LogP contribution in [0.1, 0.15) is 0 Å². The van der Waals surface area contributed by atoms with Crippen molar-refractivity contribution in [2.24, 2.45) is 14.1 Å². The van der Waals surface area contributed by atoms with Crippen LogP contribution < -0.4 is 16.6 Å². The Labute approximate surface area is 139 Å².